The lowest BCUT2D eigenvalue weighted by Crippen LogP contribution is -2.45. The number of carbonyl (C=O) groups excluding carboxylic acids is 3. The van der Waals surface area contributed by atoms with Crippen molar-refractivity contribution >= 4 is 17.7 Å². The summed E-state index contributed by atoms with van der Waals surface area (Å²) in [7, 11) is 1.67. The number of unbranched alkanes of at least 4 members (excludes halogenated alkanes) is 1. The van der Waals surface area contributed by atoms with Crippen molar-refractivity contribution < 1.29 is 29.0 Å². The van der Waals surface area contributed by atoms with Crippen molar-refractivity contribution in [2.75, 3.05) is 33.4 Å². The maximum atomic E-state index is 13.1. The summed E-state index contributed by atoms with van der Waals surface area (Å²) < 4.78 is 10.9. The number of hydrogen-bond acceptors (Lipinski definition) is 7. The first-order chi connectivity index (χ1) is 19.5. The molecule has 0 aromatic heterocycles. The molecular weight excluding hydrogens is 524 g/mol. The quantitative estimate of drug-likeness (QED) is 0.159. The molecule has 10 nitrogen and oxygen atoms in total. The molecule has 0 aliphatic carbocycles. The van der Waals surface area contributed by atoms with E-state index in [0.717, 1.165) is 12.8 Å². The topological polar surface area (TPSA) is 152 Å². The van der Waals surface area contributed by atoms with Gasteiger partial charge in [-0.05, 0) is 62.0 Å². The molecule has 1 aliphatic heterocycles. The number of carbonyl (C=O) groups is 3. The third-order valence-corrected chi connectivity index (χ3v) is 7.91. The molecule has 2 rings (SSSR count). The molecule has 1 aromatic rings. The number of benzene rings is 1. The minimum absolute atomic E-state index is 0.00761. The number of rotatable bonds is 19. The van der Waals surface area contributed by atoms with Crippen LogP contribution >= 0.6 is 0 Å². The molecule has 0 radical (unpaired) electrons. The smallest absolute Gasteiger partial charge is 0.255 e. The van der Waals surface area contributed by atoms with Gasteiger partial charge in [0.25, 0.3) is 5.91 Å². The Labute approximate surface area is 245 Å². The average molecular weight is 577 g/mol. The van der Waals surface area contributed by atoms with Crippen LogP contribution in [-0.4, -0.2) is 74.4 Å². The summed E-state index contributed by atoms with van der Waals surface area (Å²) in [4.78, 5) is 37.4. The minimum atomic E-state index is -0.872. The lowest BCUT2D eigenvalue weighted by molar-refractivity contribution is -0.128. The molecule has 1 fully saturated rings. The fraction of sp³-hybridized carbons (Fsp3) is 0.710. The van der Waals surface area contributed by atoms with Gasteiger partial charge in [-0.25, -0.2) is 0 Å². The second-order valence-electron chi connectivity index (χ2n) is 11.9. The Balaban J connectivity index is 1.89. The molecule has 232 valence electrons. The Morgan fingerprint density at radius 3 is 2.41 bits per heavy atom. The highest BCUT2D eigenvalue weighted by Crippen LogP contribution is 2.24. The lowest BCUT2D eigenvalue weighted by atomic mass is 9.83. The SMILES string of the molecule is COCCCCOc1ccccc1C(=O)NC[C@@H](C[C@H](N)[C@@H](O)C[C@@H](C(=O)NCC1CCC(=O)N1)C(C)C)C(C)C. The number of nitrogens with two attached hydrogens (primary N) is 1. The fourth-order valence-corrected chi connectivity index (χ4v) is 5.03. The number of aliphatic hydroxyl groups excluding tert-OH is 1. The van der Waals surface area contributed by atoms with E-state index in [1.54, 1.807) is 19.2 Å². The summed E-state index contributed by atoms with van der Waals surface area (Å²) in [6.07, 6.45) is 2.77. The van der Waals surface area contributed by atoms with E-state index in [4.69, 9.17) is 15.2 Å². The monoisotopic (exact) mass is 576 g/mol. The first kappa shape index (κ1) is 34.5. The van der Waals surface area contributed by atoms with Gasteiger partial charge in [0, 0.05) is 51.2 Å². The summed E-state index contributed by atoms with van der Waals surface area (Å²) in [5.41, 5.74) is 6.93. The zero-order valence-electron chi connectivity index (χ0n) is 25.5. The van der Waals surface area contributed by atoms with Gasteiger partial charge in [0.05, 0.1) is 18.3 Å². The van der Waals surface area contributed by atoms with Crippen molar-refractivity contribution in [2.45, 2.75) is 84.4 Å². The van der Waals surface area contributed by atoms with E-state index >= 15 is 0 Å². The largest absolute Gasteiger partial charge is 0.493 e. The normalized spacial score (nSPS) is 18.1. The third kappa shape index (κ3) is 12.0. The first-order valence-electron chi connectivity index (χ1n) is 15.0. The Morgan fingerprint density at radius 1 is 1.07 bits per heavy atom. The minimum Gasteiger partial charge on any atom is -0.493 e. The molecule has 41 heavy (non-hydrogen) atoms. The average Bonchev–Trinajstić information content (AvgIpc) is 3.36. The van der Waals surface area contributed by atoms with Crippen LogP contribution in [0.1, 0.15) is 76.6 Å². The van der Waals surface area contributed by atoms with E-state index in [2.05, 4.69) is 29.8 Å². The molecule has 10 heteroatoms. The van der Waals surface area contributed by atoms with Crippen LogP contribution in [0.4, 0.5) is 0 Å². The van der Waals surface area contributed by atoms with Crippen molar-refractivity contribution in [1.82, 2.24) is 16.0 Å². The van der Waals surface area contributed by atoms with Crippen LogP contribution in [0.5, 0.6) is 5.75 Å². The highest BCUT2D eigenvalue weighted by molar-refractivity contribution is 5.96. The van der Waals surface area contributed by atoms with Gasteiger partial charge in [0.1, 0.15) is 5.75 Å². The van der Waals surface area contributed by atoms with Gasteiger partial charge >= 0.3 is 0 Å². The first-order valence-corrected chi connectivity index (χ1v) is 15.0. The van der Waals surface area contributed by atoms with Gasteiger partial charge < -0.3 is 36.3 Å². The number of aliphatic hydroxyl groups is 1. The molecule has 0 bridgehead atoms. The summed E-state index contributed by atoms with van der Waals surface area (Å²) >= 11 is 0. The van der Waals surface area contributed by atoms with Crippen LogP contribution < -0.4 is 26.4 Å². The maximum Gasteiger partial charge on any atom is 0.255 e. The van der Waals surface area contributed by atoms with E-state index < -0.39 is 18.1 Å². The second kappa shape index (κ2) is 18.0. The van der Waals surface area contributed by atoms with Crippen LogP contribution in [0, 0.1) is 23.7 Å². The molecule has 1 aromatic carbocycles. The highest BCUT2D eigenvalue weighted by Gasteiger charge is 2.31. The zero-order valence-corrected chi connectivity index (χ0v) is 25.5. The standard InChI is InChI=1S/C31H52N4O6/c1-20(2)22(18-33-30(38)24-10-6-7-11-28(24)41-15-9-8-14-40-5)16-26(32)27(36)17-25(21(3)4)31(39)34-19-23-12-13-29(37)35-23/h6-7,10-11,20-23,25-27,36H,8-9,12-19,32H2,1-5H3,(H,33,38)(H,34,39)(H,35,37)/t22-,23?,25-,26+,27+/m1/s1. The number of methoxy groups -OCH3 is 1. The molecular formula is C31H52N4O6. The van der Waals surface area contributed by atoms with Gasteiger partial charge in [-0.2, -0.15) is 0 Å². The highest BCUT2D eigenvalue weighted by atomic mass is 16.5. The van der Waals surface area contributed by atoms with Crippen molar-refractivity contribution in [3.8, 4) is 5.75 Å². The molecule has 1 heterocycles. The number of para-hydroxylation sites is 1. The maximum absolute atomic E-state index is 13.1. The van der Waals surface area contributed by atoms with Gasteiger partial charge in [0.15, 0.2) is 0 Å². The molecule has 0 spiro atoms. The van der Waals surface area contributed by atoms with E-state index in [1.807, 2.05) is 26.0 Å². The third-order valence-electron chi connectivity index (χ3n) is 7.91. The van der Waals surface area contributed by atoms with Crippen molar-refractivity contribution in [1.29, 1.82) is 0 Å². The number of nitrogens with one attached hydrogen (secondary N) is 3. The lowest BCUT2D eigenvalue weighted by Gasteiger charge is -2.30. The van der Waals surface area contributed by atoms with Crippen LogP contribution in [0.15, 0.2) is 24.3 Å². The van der Waals surface area contributed by atoms with E-state index in [0.29, 0.717) is 56.9 Å². The zero-order chi connectivity index (χ0) is 30.4. The van der Waals surface area contributed by atoms with Gasteiger partial charge in [-0.15, -0.1) is 0 Å². The van der Waals surface area contributed by atoms with Crippen LogP contribution in [-0.2, 0) is 14.3 Å². The number of amides is 3. The molecule has 5 atom stereocenters. The van der Waals surface area contributed by atoms with Crippen molar-refractivity contribution in [3.05, 3.63) is 29.8 Å². The predicted octanol–water partition coefficient (Wildman–Crippen LogP) is 2.63. The molecule has 1 aliphatic rings. The summed E-state index contributed by atoms with van der Waals surface area (Å²) in [5.74, 6) is 0.0487. The van der Waals surface area contributed by atoms with Crippen LogP contribution in [0.3, 0.4) is 0 Å². The fourth-order valence-electron chi connectivity index (χ4n) is 5.03. The van der Waals surface area contributed by atoms with E-state index in [9.17, 15) is 19.5 Å². The van der Waals surface area contributed by atoms with Crippen molar-refractivity contribution in [3.63, 3.8) is 0 Å². The van der Waals surface area contributed by atoms with Gasteiger partial charge in [-0.1, -0.05) is 39.8 Å². The summed E-state index contributed by atoms with van der Waals surface area (Å²) in [6.45, 7) is 10.00. The van der Waals surface area contributed by atoms with E-state index in [-0.39, 0.29) is 47.9 Å². The molecule has 0 saturated carbocycles. The molecule has 1 unspecified atom stereocenters. The van der Waals surface area contributed by atoms with E-state index in [1.165, 1.54) is 0 Å². The predicted molar refractivity (Wildman–Crippen MR) is 159 cm³/mol. The number of ether oxygens (including phenoxy) is 2. The molecule has 1 saturated heterocycles. The molecule has 6 N–H and O–H groups in total. The summed E-state index contributed by atoms with van der Waals surface area (Å²) in [6, 6.07) is 6.60. The Hall–Kier alpha value is -2.69. The molecule has 3 amide bonds. The van der Waals surface area contributed by atoms with Gasteiger partial charge in [0.2, 0.25) is 11.8 Å². The number of hydrogen-bond donors (Lipinski definition) is 5. The summed E-state index contributed by atoms with van der Waals surface area (Å²) in [5, 5.41) is 19.8. The Morgan fingerprint density at radius 2 is 1.78 bits per heavy atom. The van der Waals surface area contributed by atoms with Gasteiger partial charge in [-0.3, -0.25) is 14.4 Å². The van der Waals surface area contributed by atoms with Crippen LogP contribution in [0.25, 0.3) is 0 Å². The van der Waals surface area contributed by atoms with Crippen molar-refractivity contribution in [2.24, 2.45) is 29.4 Å². The van der Waals surface area contributed by atoms with Crippen LogP contribution in [0.2, 0.25) is 0 Å². The Kier molecular flexibility index (Phi) is 15.1. The second-order valence-corrected chi connectivity index (χ2v) is 11.9. The Bertz CT molecular complexity index is 956.